The van der Waals surface area contributed by atoms with Crippen LogP contribution in [0.25, 0.3) is 22.1 Å². The molecule has 34 heavy (non-hydrogen) atoms. The van der Waals surface area contributed by atoms with Crippen LogP contribution in [-0.4, -0.2) is 51.3 Å². The number of rotatable bonds is 7. The van der Waals surface area contributed by atoms with E-state index in [1.807, 2.05) is 48.5 Å². The predicted molar refractivity (Wildman–Crippen MR) is 135 cm³/mol. The highest BCUT2D eigenvalue weighted by Crippen LogP contribution is 2.23. The minimum absolute atomic E-state index is 0.0336. The van der Waals surface area contributed by atoms with Crippen molar-refractivity contribution in [2.45, 2.75) is 0 Å². The topological polar surface area (TPSA) is 55.2 Å². The SMILES string of the molecule is COc1ccc(N2CCN(CCOc3ccc4c(=O)c(-c5ccccc5)coc4c3)CC2)cc1. The smallest absolute Gasteiger partial charge is 0.200 e. The van der Waals surface area contributed by atoms with Gasteiger partial charge in [0.15, 0.2) is 5.43 Å². The lowest BCUT2D eigenvalue weighted by atomic mass is 10.1. The van der Waals surface area contributed by atoms with Crippen molar-refractivity contribution < 1.29 is 13.9 Å². The zero-order valence-corrected chi connectivity index (χ0v) is 19.3. The fourth-order valence-corrected chi connectivity index (χ4v) is 4.33. The summed E-state index contributed by atoms with van der Waals surface area (Å²) in [6, 6.07) is 23.2. The molecule has 0 bridgehead atoms. The summed E-state index contributed by atoms with van der Waals surface area (Å²) in [6.45, 7) is 5.38. The number of anilines is 1. The number of hydrogen-bond acceptors (Lipinski definition) is 6. The van der Waals surface area contributed by atoms with E-state index in [4.69, 9.17) is 13.9 Å². The molecule has 6 nitrogen and oxygen atoms in total. The van der Waals surface area contributed by atoms with Gasteiger partial charge < -0.3 is 18.8 Å². The molecule has 1 saturated heterocycles. The van der Waals surface area contributed by atoms with Gasteiger partial charge in [0.25, 0.3) is 0 Å². The van der Waals surface area contributed by atoms with Gasteiger partial charge in [-0.25, -0.2) is 0 Å². The first-order valence-corrected chi connectivity index (χ1v) is 11.6. The van der Waals surface area contributed by atoms with E-state index >= 15 is 0 Å². The Bertz CT molecular complexity index is 1290. The molecule has 174 valence electrons. The predicted octanol–water partition coefficient (Wildman–Crippen LogP) is 4.67. The summed E-state index contributed by atoms with van der Waals surface area (Å²) < 4.78 is 17.0. The van der Waals surface area contributed by atoms with Crippen molar-refractivity contribution in [3.63, 3.8) is 0 Å². The van der Waals surface area contributed by atoms with E-state index in [1.165, 1.54) is 12.0 Å². The van der Waals surface area contributed by atoms with Crippen LogP contribution in [0.4, 0.5) is 5.69 Å². The van der Waals surface area contributed by atoms with E-state index < -0.39 is 0 Å². The molecule has 1 aromatic heterocycles. The second kappa shape index (κ2) is 10.0. The van der Waals surface area contributed by atoms with Crippen LogP contribution in [0.1, 0.15) is 0 Å². The molecule has 0 spiro atoms. The molecule has 0 unspecified atom stereocenters. The van der Waals surface area contributed by atoms with E-state index in [9.17, 15) is 4.79 Å². The van der Waals surface area contributed by atoms with E-state index in [1.54, 1.807) is 19.2 Å². The standard InChI is InChI=1S/C28H28N2O4/c1-32-23-9-7-22(8-10-23)30-15-13-29(14-16-30)17-18-33-24-11-12-25-27(19-24)34-20-26(28(25)31)21-5-3-2-4-6-21/h2-12,19-20H,13-18H2,1H3. The lowest BCUT2D eigenvalue weighted by molar-refractivity contribution is 0.200. The average molecular weight is 457 g/mol. The maximum Gasteiger partial charge on any atom is 0.200 e. The van der Waals surface area contributed by atoms with Gasteiger partial charge in [0.2, 0.25) is 0 Å². The number of ether oxygens (including phenoxy) is 2. The third-order valence-electron chi connectivity index (χ3n) is 6.32. The fraction of sp³-hybridized carbons (Fsp3) is 0.250. The minimum Gasteiger partial charge on any atom is -0.497 e. The van der Waals surface area contributed by atoms with E-state index in [0.29, 0.717) is 28.9 Å². The molecular formula is C28H28N2O4. The van der Waals surface area contributed by atoms with Gasteiger partial charge in [-0.2, -0.15) is 0 Å². The molecule has 3 aromatic carbocycles. The summed E-state index contributed by atoms with van der Waals surface area (Å²) in [4.78, 5) is 17.7. The zero-order valence-electron chi connectivity index (χ0n) is 19.3. The largest absolute Gasteiger partial charge is 0.497 e. The highest BCUT2D eigenvalue weighted by atomic mass is 16.5. The lowest BCUT2D eigenvalue weighted by Gasteiger charge is -2.36. The molecule has 1 fully saturated rings. The Kier molecular flexibility index (Phi) is 6.49. The number of nitrogens with zero attached hydrogens (tertiary/aromatic N) is 2. The van der Waals surface area contributed by atoms with Crippen LogP contribution in [0.15, 0.2) is 88.3 Å². The van der Waals surface area contributed by atoms with E-state index in [0.717, 1.165) is 44.0 Å². The van der Waals surface area contributed by atoms with Crippen LogP contribution >= 0.6 is 0 Å². The minimum atomic E-state index is -0.0336. The molecule has 5 rings (SSSR count). The highest BCUT2D eigenvalue weighted by molar-refractivity contribution is 5.82. The number of hydrogen-bond donors (Lipinski definition) is 0. The Morgan fingerprint density at radius 2 is 1.62 bits per heavy atom. The summed E-state index contributed by atoms with van der Waals surface area (Å²) >= 11 is 0. The Balaban J connectivity index is 1.15. The Morgan fingerprint density at radius 3 is 2.35 bits per heavy atom. The molecule has 0 saturated carbocycles. The molecule has 6 heteroatoms. The summed E-state index contributed by atoms with van der Waals surface area (Å²) in [5.74, 6) is 1.59. The van der Waals surface area contributed by atoms with Crippen molar-refractivity contribution in [3.05, 3.63) is 89.3 Å². The van der Waals surface area contributed by atoms with Gasteiger partial charge in [-0.05, 0) is 42.0 Å². The van der Waals surface area contributed by atoms with Crippen molar-refractivity contribution in [1.29, 1.82) is 0 Å². The molecule has 4 aromatic rings. The fourth-order valence-electron chi connectivity index (χ4n) is 4.33. The van der Waals surface area contributed by atoms with Gasteiger partial charge >= 0.3 is 0 Å². The van der Waals surface area contributed by atoms with Crippen LogP contribution in [0.3, 0.4) is 0 Å². The van der Waals surface area contributed by atoms with Crippen LogP contribution in [0.2, 0.25) is 0 Å². The Morgan fingerprint density at radius 1 is 0.882 bits per heavy atom. The van der Waals surface area contributed by atoms with Crippen LogP contribution in [0, 0.1) is 0 Å². The number of piperazine rings is 1. The van der Waals surface area contributed by atoms with Gasteiger partial charge in [0, 0.05) is 44.5 Å². The Labute approximate surface area is 198 Å². The van der Waals surface area contributed by atoms with Crippen molar-refractivity contribution >= 4 is 16.7 Å². The summed E-state index contributed by atoms with van der Waals surface area (Å²) in [5.41, 5.74) is 3.15. The lowest BCUT2D eigenvalue weighted by Crippen LogP contribution is -2.47. The molecule has 0 amide bonds. The molecule has 1 aliphatic heterocycles. The van der Waals surface area contributed by atoms with Crippen LogP contribution in [-0.2, 0) is 0 Å². The van der Waals surface area contributed by atoms with Gasteiger partial charge in [-0.15, -0.1) is 0 Å². The molecule has 0 atom stereocenters. The molecule has 2 heterocycles. The first kappa shape index (κ1) is 22.0. The number of fused-ring (bicyclic) bond motifs is 1. The van der Waals surface area contributed by atoms with Gasteiger partial charge in [-0.3, -0.25) is 9.69 Å². The second-order valence-electron chi connectivity index (χ2n) is 8.38. The summed E-state index contributed by atoms with van der Waals surface area (Å²) in [5, 5.41) is 0.559. The molecule has 0 radical (unpaired) electrons. The first-order chi connectivity index (χ1) is 16.7. The maximum atomic E-state index is 12.9. The third-order valence-corrected chi connectivity index (χ3v) is 6.32. The summed E-state index contributed by atoms with van der Waals surface area (Å²) in [7, 11) is 1.69. The zero-order chi connectivity index (χ0) is 23.3. The summed E-state index contributed by atoms with van der Waals surface area (Å²) in [6.07, 6.45) is 1.53. The molecule has 0 N–H and O–H groups in total. The second-order valence-corrected chi connectivity index (χ2v) is 8.38. The highest BCUT2D eigenvalue weighted by Gasteiger charge is 2.17. The van der Waals surface area contributed by atoms with Crippen LogP contribution in [0.5, 0.6) is 11.5 Å². The van der Waals surface area contributed by atoms with Crippen molar-refractivity contribution in [1.82, 2.24) is 4.90 Å². The van der Waals surface area contributed by atoms with Gasteiger partial charge in [-0.1, -0.05) is 30.3 Å². The molecule has 1 aliphatic rings. The maximum absolute atomic E-state index is 12.9. The van der Waals surface area contributed by atoms with Crippen molar-refractivity contribution in [2.24, 2.45) is 0 Å². The van der Waals surface area contributed by atoms with Gasteiger partial charge in [0.05, 0.1) is 18.1 Å². The molecular weight excluding hydrogens is 428 g/mol. The first-order valence-electron chi connectivity index (χ1n) is 11.6. The normalized spacial score (nSPS) is 14.3. The Hall–Kier alpha value is -3.77. The molecule has 0 aliphatic carbocycles. The van der Waals surface area contributed by atoms with Crippen molar-refractivity contribution in [3.8, 4) is 22.6 Å². The van der Waals surface area contributed by atoms with Gasteiger partial charge in [0.1, 0.15) is 30.0 Å². The van der Waals surface area contributed by atoms with E-state index in [-0.39, 0.29) is 5.43 Å². The average Bonchev–Trinajstić information content (AvgIpc) is 2.90. The number of benzene rings is 3. The third kappa shape index (κ3) is 4.77. The van der Waals surface area contributed by atoms with E-state index in [2.05, 4.69) is 21.9 Å². The monoisotopic (exact) mass is 456 g/mol. The van der Waals surface area contributed by atoms with Crippen LogP contribution < -0.4 is 19.8 Å². The quantitative estimate of drug-likeness (QED) is 0.403. The van der Waals surface area contributed by atoms with Crippen molar-refractivity contribution in [2.75, 3.05) is 51.3 Å². The number of methoxy groups -OCH3 is 1.